The summed E-state index contributed by atoms with van der Waals surface area (Å²) in [6, 6.07) is 9.61. The minimum atomic E-state index is -0.368. The van der Waals surface area contributed by atoms with Crippen LogP contribution in [-0.4, -0.2) is 17.3 Å². The molecule has 1 heterocycles. The molecule has 0 radical (unpaired) electrons. The van der Waals surface area contributed by atoms with Crippen molar-refractivity contribution in [2.45, 2.75) is 20.3 Å². The van der Waals surface area contributed by atoms with E-state index in [0.717, 1.165) is 5.57 Å². The molecule has 0 saturated heterocycles. The molecule has 0 aliphatic heterocycles. The number of methoxy groups -OCH3 is 1. The highest BCUT2D eigenvalue weighted by molar-refractivity contribution is 5.89. The quantitative estimate of drug-likeness (QED) is 0.681. The van der Waals surface area contributed by atoms with E-state index in [1.807, 2.05) is 19.9 Å². The first kappa shape index (κ1) is 17.6. The lowest BCUT2D eigenvalue weighted by molar-refractivity contribution is 0.415. The number of fused-ring (bicyclic) bond motifs is 1. The molecule has 134 valence electrons. The molecule has 0 unspecified atom stereocenters. The summed E-state index contributed by atoms with van der Waals surface area (Å²) in [4.78, 5) is 12.6. The van der Waals surface area contributed by atoms with Crippen LogP contribution < -0.4 is 10.2 Å². The number of hydrogen-bond acceptors (Lipinski definition) is 5. The first-order valence-corrected chi connectivity index (χ1v) is 8.20. The Balaban J connectivity index is 2.26. The molecule has 0 amide bonds. The molecule has 0 saturated carbocycles. The maximum atomic E-state index is 12.6. The predicted octanol–water partition coefficient (Wildman–Crippen LogP) is 4.39. The number of allylic oxidation sites excluding steroid dienone is 2. The van der Waals surface area contributed by atoms with E-state index in [0.29, 0.717) is 29.1 Å². The van der Waals surface area contributed by atoms with Gasteiger partial charge in [-0.2, -0.15) is 0 Å². The summed E-state index contributed by atoms with van der Waals surface area (Å²) in [5.41, 5.74) is 2.05. The first-order chi connectivity index (χ1) is 12.4. The highest BCUT2D eigenvalue weighted by Gasteiger charge is 2.17. The second-order valence-electron chi connectivity index (χ2n) is 6.29. The van der Waals surface area contributed by atoms with Gasteiger partial charge >= 0.3 is 0 Å². The third-order valence-electron chi connectivity index (χ3n) is 4.15. The third kappa shape index (κ3) is 3.28. The molecule has 3 aromatic rings. The summed E-state index contributed by atoms with van der Waals surface area (Å²) in [6.07, 6.45) is 2.31. The molecule has 2 N–H and O–H groups in total. The van der Waals surface area contributed by atoms with Crippen molar-refractivity contribution in [1.29, 1.82) is 0 Å². The number of aromatic hydroxyl groups is 2. The van der Waals surface area contributed by atoms with Crippen LogP contribution in [0, 0.1) is 0 Å². The number of ether oxygens (including phenoxy) is 1. The van der Waals surface area contributed by atoms with Crippen LogP contribution in [0.5, 0.6) is 17.2 Å². The van der Waals surface area contributed by atoms with E-state index in [1.54, 1.807) is 31.4 Å². The van der Waals surface area contributed by atoms with Gasteiger partial charge in [-0.05, 0) is 44.5 Å². The zero-order chi connectivity index (χ0) is 18.8. The summed E-state index contributed by atoms with van der Waals surface area (Å²) in [5.74, 6) is 0.640. The lowest BCUT2D eigenvalue weighted by atomic mass is 10.0. The van der Waals surface area contributed by atoms with Gasteiger partial charge in [0.25, 0.3) is 0 Å². The largest absolute Gasteiger partial charge is 0.507 e. The van der Waals surface area contributed by atoms with Gasteiger partial charge in [0.05, 0.1) is 7.11 Å². The number of phenolic OH excluding ortho intramolecular Hbond substituents is 2. The fourth-order valence-corrected chi connectivity index (χ4v) is 2.75. The number of rotatable bonds is 4. The number of hydrogen-bond donors (Lipinski definition) is 2. The topological polar surface area (TPSA) is 79.9 Å². The van der Waals surface area contributed by atoms with Gasteiger partial charge in [0.1, 0.15) is 34.0 Å². The highest BCUT2D eigenvalue weighted by atomic mass is 16.5. The average Bonchev–Trinajstić information content (AvgIpc) is 2.60. The Morgan fingerprint density at radius 3 is 2.42 bits per heavy atom. The van der Waals surface area contributed by atoms with Crippen LogP contribution >= 0.6 is 0 Å². The fraction of sp³-hybridized carbons (Fsp3) is 0.190. The molecule has 0 spiro atoms. The summed E-state index contributed by atoms with van der Waals surface area (Å²) in [5, 5.41) is 20.4. The van der Waals surface area contributed by atoms with Crippen LogP contribution in [0.2, 0.25) is 0 Å². The molecule has 1 aromatic heterocycles. The second kappa shape index (κ2) is 6.96. The van der Waals surface area contributed by atoms with Crippen molar-refractivity contribution in [3.63, 3.8) is 0 Å². The molecule has 0 bridgehead atoms. The average molecular weight is 352 g/mol. The fourth-order valence-electron chi connectivity index (χ4n) is 2.75. The molecule has 5 heteroatoms. The molecule has 0 aliphatic rings. The SMILES string of the molecule is COc1ccc(-c2cc(=O)c3c(O)cc(O)c(CC=C(C)C)c3o2)cc1. The first-order valence-electron chi connectivity index (χ1n) is 8.20. The number of benzene rings is 2. The third-order valence-corrected chi connectivity index (χ3v) is 4.15. The molecular formula is C21H20O5. The Labute approximate surface area is 150 Å². The standard InChI is InChI=1S/C21H20O5/c1-12(2)4-9-15-16(22)10-17(23)20-18(24)11-19(26-21(15)20)13-5-7-14(25-3)8-6-13/h4-8,10-11,22-23H,9H2,1-3H3. The normalized spacial score (nSPS) is 10.7. The van der Waals surface area contributed by atoms with E-state index >= 15 is 0 Å². The monoisotopic (exact) mass is 352 g/mol. The van der Waals surface area contributed by atoms with Crippen molar-refractivity contribution >= 4 is 11.0 Å². The predicted molar refractivity (Wildman–Crippen MR) is 101 cm³/mol. The van der Waals surface area contributed by atoms with Gasteiger partial charge < -0.3 is 19.4 Å². The molecule has 0 atom stereocenters. The van der Waals surface area contributed by atoms with Gasteiger partial charge in [0.2, 0.25) is 0 Å². The van der Waals surface area contributed by atoms with Crippen molar-refractivity contribution in [2.24, 2.45) is 0 Å². The molecule has 2 aromatic carbocycles. The Bertz CT molecular complexity index is 1040. The Morgan fingerprint density at radius 2 is 1.81 bits per heavy atom. The Hall–Kier alpha value is -3.21. The lowest BCUT2D eigenvalue weighted by Crippen LogP contribution is -2.03. The van der Waals surface area contributed by atoms with Crippen molar-refractivity contribution in [3.8, 4) is 28.6 Å². The zero-order valence-corrected chi connectivity index (χ0v) is 14.9. The summed E-state index contributed by atoms with van der Waals surface area (Å²) >= 11 is 0. The maximum Gasteiger partial charge on any atom is 0.197 e. The Kier molecular flexibility index (Phi) is 4.71. The van der Waals surface area contributed by atoms with Crippen LogP contribution in [-0.2, 0) is 6.42 Å². The van der Waals surface area contributed by atoms with E-state index in [1.165, 1.54) is 12.1 Å². The molecule has 3 rings (SSSR count). The Morgan fingerprint density at radius 1 is 1.12 bits per heavy atom. The summed E-state index contributed by atoms with van der Waals surface area (Å²) < 4.78 is 11.1. The minimum absolute atomic E-state index is 0.0669. The second-order valence-corrected chi connectivity index (χ2v) is 6.29. The summed E-state index contributed by atoms with van der Waals surface area (Å²) in [6.45, 7) is 3.89. The van der Waals surface area contributed by atoms with E-state index in [2.05, 4.69) is 0 Å². The van der Waals surface area contributed by atoms with E-state index < -0.39 is 0 Å². The lowest BCUT2D eigenvalue weighted by Gasteiger charge is -2.10. The molecule has 5 nitrogen and oxygen atoms in total. The van der Waals surface area contributed by atoms with Crippen LogP contribution in [0.4, 0.5) is 0 Å². The van der Waals surface area contributed by atoms with Gasteiger partial charge in [0.15, 0.2) is 5.43 Å². The maximum absolute atomic E-state index is 12.6. The van der Waals surface area contributed by atoms with Crippen LogP contribution in [0.25, 0.3) is 22.3 Å². The van der Waals surface area contributed by atoms with Crippen molar-refractivity contribution in [2.75, 3.05) is 7.11 Å². The van der Waals surface area contributed by atoms with Crippen molar-refractivity contribution in [1.82, 2.24) is 0 Å². The van der Waals surface area contributed by atoms with Crippen LogP contribution in [0.15, 0.2) is 57.3 Å². The molecular weight excluding hydrogens is 332 g/mol. The minimum Gasteiger partial charge on any atom is -0.507 e. The van der Waals surface area contributed by atoms with Gasteiger partial charge in [-0.25, -0.2) is 0 Å². The van der Waals surface area contributed by atoms with Gasteiger partial charge in [-0.15, -0.1) is 0 Å². The zero-order valence-electron chi connectivity index (χ0n) is 14.9. The van der Waals surface area contributed by atoms with E-state index in [4.69, 9.17) is 9.15 Å². The van der Waals surface area contributed by atoms with E-state index in [9.17, 15) is 15.0 Å². The molecule has 0 aliphatic carbocycles. The van der Waals surface area contributed by atoms with Crippen molar-refractivity contribution < 1.29 is 19.4 Å². The van der Waals surface area contributed by atoms with E-state index in [-0.39, 0.29) is 27.9 Å². The highest BCUT2D eigenvalue weighted by Crippen LogP contribution is 2.35. The summed E-state index contributed by atoms with van der Waals surface area (Å²) in [7, 11) is 1.58. The molecule has 26 heavy (non-hydrogen) atoms. The van der Waals surface area contributed by atoms with Gasteiger partial charge in [0, 0.05) is 23.3 Å². The molecule has 0 fully saturated rings. The number of phenols is 2. The van der Waals surface area contributed by atoms with Gasteiger partial charge in [-0.3, -0.25) is 4.79 Å². The van der Waals surface area contributed by atoms with Crippen LogP contribution in [0.3, 0.4) is 0 Å². The van der Waals surface area contributed by atoms with Crippen LogP contribution in [0.1, 0.15) is 19.4 Å². The smallest absolute Gasteiger partial charge is 0.197 e. The van der Waals surface area contributed by atoms with Crippen molar-refractivity contribution in [3.05, 3.63) is 63.8 Å². The van der Waals surface area contributed by atoms with Gasteiger partial charge in [-0.1, -0.05) is 11.6 Å².